The summed E-state index contributed by atoms with van der Waals surface area (Å²) in [5.41, 5.74) is 1.62. The molecule has 8 heteroatoms. The number of anilines is 2. The van der Waals surface area contributed by atoms with Gasteiger partial charge in [-0.1, -0.05) is 36.4 Å². The number of carbonyl (C=O) groups excluding carboxylic acids is 2. The summed E-state index contributed by atoms with van der Waals surface area (Å²) in [5, 5.41) is 1.16. The van der Waals surface area contributed by atoms with Crippen molar-refractivity contribution in [2.24, 2.45) is 5.84 Å². The van der Waals surface area contributed by atoms with Crippen molar-refractivity contribution in [2.45, 2.75) is 4.90 Å². The lowest BCUT2D eigenvalue weighted by Crippen LogP contribution is -2.30. The standard InChI is InChI=1S/C20H13FN2O4S/c21-28(26,27)13-10-8-12(9-11-13)23(22)17-7-3-6-16-18(17)20(25)15-5-2-1-4-14(15)19(16)24/h1-11H,22H2. The van der Waals surface area contributed by atoms with Crippen LogP contribution < -0.4 is 10.9 Å². The average molecular weight is 396 g/mol. The summed E-state index contributed by atoms with van der Waals surface area (Å²) in [7, 11) is -4.83. The first-order valence-electron chi connectivity index (χ1n) is 8.20. The number of hydrogen-bond donors (Lipinski definition) is 1. The Bertz CT molecular complexity index is 1240. The highest BCUT2D eigenvalue weighted by molar-refractivity contribution is 7.86. The maximum atomic E-state index is 13.1. The van der Waals surface area contributed by atoms with Gasteiger partial charge in [-0.2, -0.15) is 8.42 Å². The van der Waals surface area contributed by atoms with Crippen molar-refractivity contribution >= 4 is 33.2 Å². The van der Waals surface area contributed by atoms with Crippen LogP contribution in [0, 0.1) is 0 Å². The Morgan fingerprint density at radius 1 is 0.750 bits per heavy atom. The lowest BCUT2D eigenvalue weighted by atomic mass is 9.83. The monoisotopic (exact) mass is 396 g/mol. The topological polar surface area (TPSA) is 97.5 Å². The van der Waals surface area contributed by atoms with Gasteiger partial charge in [0.05, 0.1) is 21.8 Å². The zero-order chi connectivity index (χ0) is 20.1. The molecule has 140 valence electrons. The van der Waals surface area contributed by atoms with Crippen molar-refractivity contribution in [1.29, 1.82) is 0 Å². The summed E-state index contributed by atoms with van der Waals surface area (Å²) < 4.78 is 35.0. The predicted molar refractivity (Wildman–Crippen MR) is 101 cm³/mol. The van der Waals surface area contributed by atoms with Crippen LogP contribution in [0.1, 0.15) is 31.8 Å². The molecule has 1 aliphatic carbocycles. The summed E-state index contributed by atoms with van der Waals surface area (Å²) in [6.07, 6.45) is 0. The van der Waals surface area contributed by atoms with Gasteiger partial charge in [0.25, 0.3) is 0 Å². The van der Waals surface area contributed by atoms with Gasteiger partial charge in [-0.15, -0.1) is 3.89 Å². The van der Waals surface area contributed by atoms with E-state index >= 15 is 0 Å². The molecule has 0 radical (unpaired) electrons. The number of nitrogens with zero attached hydrogens (tertiary/aromatic N) is 1. The first-order chi connectivity index (χ1) is 13.3. The third-order valence-electron chi connectivity index (χ3n) is 4.59. The first kappa shape index (κ1) is 18.0. The van der Waals surface area contributed by atoms with Crippen LogP contribution in [0.5, 0.6) is 0 Å². The van der Waals surface area contributed by atoms with Crippen LogP contribution in [-0.2, 0) is 10.2 Å². The Morgan fingerprint density at radius 3 is 1.93 bits per heavy atom. The van der Waals surface area contributed by atoms with E-state index in [9.17, 15) is 21.9 Å². The quantitative estimate of drug-likeness (QED) is 0.325. The molecule has 3 aromatic carbocycles. The first-order valence-corrected chi connectivity index (χ1v) is 9.58. The molecule has 6 nitrogen and oxygen atoms in total. The second kappa shape index (κ2) is 6.36. The molecule has 0 fully saturated rings. The number of carbonyl (C=O) groups is 2. The van der Waals surface area contributed by atoms with Crippen molar-refractivity contribution in [1.82, 2.24) is 0 Å². The lowest BCUT2D eigenvalue weighted by molar-refractivity contribution is 0.0979. The molecular weight excluding hydrogens is 383 g/mol. The van der Waals surface area contributed by atoms with Gasteiger partial charge < -0.3 is 0 Å². The van der Waals surface area contributed by atoms with Crippen LogP contribution in [0.15, 0.2) is 71.6 Å². The van der Waals surface area contributed by atoms with Gasteiger partial charge in [-0.25, -0.2) is 5.84 Å². The number of nitrogens with two attached hydrogens (primary N) is 1. The van der Waals surface area contributed by atoms with Crippen molar-refractivity contribution in [3.8, 4) is 0 Å². The summed E-state index contributed by atoms with van der Waals surface area (Å²) in [6, 6.07) is 16.1. The summed E-state index contributed by atoms with van der Waals surface area (Å²) in [4.78, 5) is 25.3. The van der Waals surface area contributed by atoms with Crippen molar-refractivity contribution in [3.05, 3.63) is 89.0 Å². The van der Waals surface area contributed by atoms with Gasteiger partial charge in [0.2, 0.25) is 0 Å². The molecule has 0 spiro atoms. The SMILES string of the molecule is NN(c1ccc(S(=O)(=O)F)cc1)c1cccc2c1C(=O)c1ccccc1C2=O. The number of hydrazine groups is 1. The maximum Gasteiger partial charge on any atom is 0.332 e. The van der Waals surface area contributed by atoms with E-state index in [1.54, 1.807) is 42.5 Å². The highest BCUT2D eigenvalue weighted by atomic mass is 32.3. The van der Waals surface area contributed by atoms with Gasteiger partial charge in [0.1, 0.15) is 0 Å². The Morgan fingerprint density at radius 2 is 1.32 bits per heavy atom. The predicted octanol–water partition coefficient (Wildman–Crippen LogP) is 3.13. The summed E-state index contributed by atoms with van der Waals surface area (Å²) in [5.74, 6) is 5.54. The molecule has 3 aromatic rings. The molecule has 0 saturated carbocycles. The fraction of sp³-hybridized carbons (Fsp3) is 0. The molecule has 0 unspecified atom stereocenters. The van der Waals surface area contributed by atoms with Crippen LogP contribution in [0.2, 0.25) is 0 Å². The minimum absolute atomic E-state index is 0.163. The molecule has 28 heavy (non-hydrogen) atoms. The van der Waals surface area contributed by atoms with E-state index < -0.39 is 15.1 Å². The van der Waals surface area contributed by atoms with Gasteiger partial charge in [0.15, 0.2) is 11.6 Å². The van der Waals surface area contributed by atoms with E-state index in [0.29, 0.717) is 16.8 Å². The molecule has 0 bridgehead atoms. The average Bonchev–Trinajstić information content (AvgIpc) is 2.70. The van der Waals surface area contributed by atoms with Crippen molar-refractivity contribution in [3.63, 3.8) is 0 Å². The Hall–Kier alpha value is -3.36. The van der Waals surface area contributed by atoms with E-state index in [2.05, 4.69) is 0 Å². The van der Waals surface area contributed by atoms with Gasteiger partial charge >= 0.3 is 10.2 Å². The van der Waals surface area contributed by atoms with Crippen molar-refractivity contribution < 1.29 is 21.9 Å². The molecule has 2 N–H and O–H groups in total. The number of benzene rings is 3. The molecule has 0 amide bonds. The lowest BCUT2D eigenvalue weighted by Gasteiger charge is -2.25. The Labute approximate surface area is 160 Å². The second-order valence-corrected chi connectivity index (χ2v) is 7.55. The minimum Gasteiger partial charge on any atom is -0.289 e. The molecule has 4 rings (SSSR count). The van der Waals surface area contributed by atoms with E-state index in [1.165, 1.54) is 12.1 Å². The smallest absolute Gasteiger partial charge is 0.289 e. The Kier molecular flexibility index (Phi) is 4.10. The fourth-order valence-corrected chi connectivity index (χ4v) is 3.70. The number of ketones is 2. The molecule has 0 aliphatic heterocycles. The fourth-order valence-electron chi connectivity index (χ4n) is 3.24. The van der Waals surface area contributed by atoms with Crippen LogP contribution in [-0.4, -0.2) is 20.0 Å². The maximum absolute atomic E-state index is 13.1. The highest BCUT2D eigenvalue weighted by Crippen LogP contribution is 2.35. The zero-order valence-electron chi connectivity index (χ0n) is 14.3. The van der Waals surface area contributed by atoms with E-state index in [0.717, 1.165) is 17.1 Å². The second-order valence-electron chi connectivity index (χ2n) is 6.21. The normalized spacial score (nSPS) is 13.1. The number of hydrogen-bond acceptors (Lipinski definition) is 6. The number of rotatable bonds is 3. The van der Waals surface area contributed by atoms with E-state index in [-0.39, 0.29) is 28.4 Å². The molecule has 0 aromatic heterocycles. The Balaban J connectivity index is 1.82. The largest absolute Gasteiger partial charge is 0.332 e. The minimum atomic E-state index is -4.83. The number of fused-ring (bicyclic) bond motifs is 2. The van der Waals surface area contributed by atoms with Gasteiger partial charge in [-0.05, 0) is 30.3 Å². The zero-order valence-corrected chi connectivity index (χ0v) is 15.1. The third-order valence-corrected chi connectivity index (χ3v) is 5.42. The number of halogens is 1. The van der Waals surface area contributed by atoms with Crippen LogP contribution in [0.25, 0.3) is 0 Å². The van der Waals surface area contributed by atoms with Crippen LogP contribution in [0.4, 0.5) is 15.3 Å². The molecule has 0 atom stereocenters. The van der Waals surface area contributed by atoms with Crippen molar-refractivity contribution in [2.75, 3.05) is 5.01 Å². The van der Waals surface area contributed by atoms with E-state index in [1.807, 2.05) is 0 Å². The van der Waals surface area contributed by atoms with Crippen LogP contribution in [0.3, 0.4) is 0 Å². The summed E-state index contributed by atoms with van der Waals surface area (Å²) in [6.45, 7) is 0. The van der Waals surface area contributed by atoms with E-state index in [4.69, 9.17) is 5.84 Å². The van der Waals surface area contributed by atoms with Gasteiger partial charge in [0, 0.05) is 16.7 Å². The highest BCUT2D eigenvalue weighted by Gasteiger charge is 2.32. The molecule has 0 heterocycles. The van der Waals surface area contributed by atoms with Crippen LogP contribution >= 0.6 is 0 Å². The van der Waals surface area contributed by atoms with Gasteiger partial charge in [-0.3, -0.25) is 14.6 Å². The molecule has 1 aliphatic rings. The molecular formula is C20H13FN2O4S. The summed E-state index contributed by atoms with van der Waals surface area (Å²) >= 11 is 0. The molecule has 0 saturated heterocycles. The third kappa shape index (κ3) is 2.79.